The average molecular weight is 305 g/mol. The minimum Gasteiger partial charge on any atom is -0.271 e. The Balaban J connectivity index is 2.02. The molecule has 2 nitrogen and oxygen atoms in total. The lowest BCUT2D eigenvalue weighted by Crippen LogP contribution is -2.45. The lowest BCUT2D eigenvalue weighted by molar-refractivity contribution is 0.472. The summed E-state index contributed by atoms with van der Waals surface area (Å²) < 4.78 is 0. The lowest BCUT2D eigenvalue weighted by atomic mass is 10.00. The zero-order chi connectivity index (χ0) is 13.0. The van der Waals surface area contributed by atoms with Crippen LogP contribution in [0.3, 0.4) is 0 Å². The van der Waals surface area contributed by atoms with Crippen LogP contribution in [-0.4, -0.2) is 17.0 Å². The van der Waals surface area contributed by atoms with Crippen molar-refractivity contribution in [3.05, 3.63) is 33.8 Å². The Kier molecular flexibility index (Phi) is 5.64. The van der Waals surface area contributed by atoms with Crippen LogP contribution in [0.1, 0.15) is 24.8 Å². The molecule has 100 valence electrons. The van der Waals surface area contributed by atoms with Crippen LogP contribution in [0.5, 0.6) is 0 Å². The predicted molar refractivity (Wildman–Crippen MR) is 81.4 cm³/mol. The third-order valence-electron chi connectivity index (χ3n) is 3.32. The van der Waals surface area contributed by atoms with E-state index in [2.05, 4.69) is 5.43 Å². The Morgan fingerprint density at radius 3 is 2.78 bits per heavy atom. The van der Waals surface area contributed by atoms with Crippen LogP contribution in [0.25, 0.3) is 0 Å². The molecule has 1 heterocycles. The molecule has 0 spiro atoms. The van der Waals surface area contributed by atoms with Crippen LogP contribution in [-0.2, 0) is 6.42 Å². The molecule has 1 aromatic rings. The van der Waals surface area contributed by atoms with E-state index >= 15 is 0 Å². The van der Waals surface area contributed by atoms with E-state index in [1.807, 2.05) is 30.0 Å². The minimum atomic E-state index is 0.299. The van der Waals surface area contributed by atoms with E-state index in [-0.39, 0.29) is 0 Å². The predicted octanol–water partition coefficient (Wildman–Crippen LogP) is 3.65. The number of thioether (sulfide) groups is 1. The van der Waals surface area contributed by atoms with Crippen molar-refractivity contribution in [3.63, 3.8) is 0 Å². The van der Waals surface area contributed by atoms with Crippen LogP contribution in [0.2, 0.25) is 10.0 Å². The van der Waals surface area contributed by atoms with Gasteiger partial charge in [-0.3, -0.25) is 11.3 Å². The topological polar surface area (TPSA) is 38.0 Å². The molecule has 0 amide bonds. The molecular weight excluding hydrogens is 287 g/mol. The van der Waals surface area contributed by atoms with Gasteiger partial charge in [0.25, 0.3) is 0 Å². The smallest absolute Gasteiger partial charge is 0.0595 e. The molecule has 2 unspecified atom stereocenters. The van der Waals surface area contributed by atoms with E-state index in [4.69, 9.17) is 29.0 Å². The molecule has 5 heteroatoms. The summed E-state index contributed by atoms with van der Waals surface area (Å²) in [6, 6.07) is 6.10. The zero-order valence-corrected chi connectivity index (χ0v) is 12.5. The second-order valence-corrected chi connectivity index (χ2v) is 6.79. The van der Waals surface area contributed by atoms with E-state index in [1.54, 1.807) is 0 Å². The highest BCUT2D eigenvalue weighted by molar-refractivity contribution is 8.00. The number of hydrogen-bond acceptors (Lipinski definition) is 3. The van der Waals surface area contributed by atoms with Gasteiger partial charge < -0.3 is 0 Å². The number of hydrazine groups is 1. The average Bonchev–Trinajstić information content (AvgIpc) is 2.41. The summed E-state index contributed by atoms with van der Waals surface area (Å²) in [6.45, 7) is 0. The molecule has 1 aliphatic heterocycles. The van der Waals surface area contributed by atoms with Gasteiger partial charge in [0.2, 0.25) is 0 Å². The fourth-order valence-electron chi connectivity index (χ4n) is 2.30. The summed E-state index contributed by atoms with van der Waals surface area (Å²) in [5.41, 5.74) is 4.14. The first kappa shape index (κ1) is 14.5. The summed E-state index contributed by atoms with van der Waals surface area (Å²) in [5.74, 6) is 6.94. The van der Waals surface area contributed by atoms with Crippen LogP contribution >= 0.6 is 35.0 Å². The van der Waals surface area contributed by atoms with Crippen LogP contribution < -0.4 is 11.3 Å². The van der Waals surface area contributed by atoms with Crippen molar-refractivity contribution in [1.82, 2.24) is 5.43 Å². The van der Waals surface area contributed by atoms with Crippen molar-refractivity contribution in [2.24, 2.45) is 5.84 Å². The number of nitrogens with two attached hydrogens (primary N) is 1. The molecule has 1 fully saturated rings. The second kappa shape index (κ2) is 7.01. The van der Waals surface area contributed by atoms with Gasteiger partial charge in [-0.25, -0.2) is 0 Å². The molecule has 1 aliphatic rings. The van der Waals surface area contributed by atoms with Crippen LogP contribution in [0, 0.1) is 0 Å². The van der Waals surface area contributed by atoms with E-state index in [0.29, 0.717) is 21.3 Å². The van der Waals surface area contributed by atoms with Crippen LogP contribution in [0.4, 0.5) is 0 Å². The minimum absolute atomic E-state index is 0.299. The monoisotopic (exact) mass is 304 g/mol. The molecule has 2 atom stereocenters. The lowest BCUT2D eigenvalue weighted by Gasteiger charge is -2.29. The van der Waals surface area contributed by atoms with Crippen molar-refractivity contribution >= 4 is 35.0 Å². The summed E-state index contributed by atoms with van der Waals surface area (Å²) in [5, 5.41) is 1.81. The van der Waals surface area contributed by atoms with Gasteiger partial charge >= 0.3 is 0 Å². The molecule has 1 saturated heterocycles. The van der Waals surface area contributed by atoms with E-state index < -0.39 is 0 Å². The van der Waals surface area contributed by atoms with Crippen molar-refractivity contribution in [2.75, 3.05) is 5.75 Å². The molecule has 0 aliphatic carbocycles. The third kappa shape index (κ3) is 3.78. The van der Waals surface area contributed by atoms with E-state index in [1.165, 1.54) is 30.6 Å². The molecule has 18 heavy (non-hydrogen) atoms. The Morgan fingerprint density at radius 1 is 1.33 bits per heavy atom. The SMILES string of the molecule is NNC(Cc1ccc(Cl)c(Cl)c1)C1CCCCS1. The maximum absolute atomic E-state index is 6.04. The Labute approximate surface area is 123 Å². The molecular formula is C13H18Cl2N2S. The fourth-order valence-corrected chi connectivity index (χ4v) is 4.04. The normalized spacial score (nSPS) is 21.8. The first-order valence-corrected chi connectivity index (χ1v) is 8.03. The second-order valence-electron chi connectivity index (χ2n) is 4.63. The summed E-state index contributed by atoms with van der Waals surface area (Å²) in [7, 11) is 0. The van der Waals surface area contributed by atoms with E-state index in [0.717, 1.165) is 6.42 Å². The Hall–Kier alpha value is 0.0700. The summed E-state index contributed by atoms with van der Waals surface area (Å²) in [6.07, 6.45) is 4.76. The van der Waals surface area contributed by atoms with Crippen molar-refractivity contribution < 1.29 is 0 Å². The van der Waals surface area contributed by atoms with Gasteiger partial charge in [-0.15, -0.1) is 0 Å². The van der Waals surface area contributed by atoms with Gasteiger partial charge in [0.05, 0.1) is 10.0 Å². The van der Waals surface area contributed by atoms with Gasteiger partial charge in [-0.05, 0) is 42.7 Å². The van der Waals surface area contributed by atoms with Crippen molar-refractivity contribution in [3.8, 4) is 0 Å². The molecule has 0 radical (unpaired) electrons. The van der Waals surface area contributed by atoms with Gasteiger partial charge in [0.15, 0.2) is 0 Å². The number of hydrogen-bond donors (Lipinski definition) is 2. The largest absolute Gasteiger partial charge is 0.271 e. The molecule has 0 bridgehead atoms. The van der Waals surface area contributed by atoms with Crippen molar-refractivity contribution in [1.29, 1.82) is 0 Å². The number of halogens is 2. The highest BCUT2D eigenvalue weighted by atomic mass is 35.5. The highest BCUT2D eigenvalue weighted by Crippen LogP contribution is 2.30. The number of benzene rings is 1. The van der Waals surface area contributed by atoms with Gasteiger partial charge in [-0.2, -0.15) is 11.8 Å². The Morgan fingerprint density at radius 2 is 2.17 bits per heavy atom. The Bertz CT molecular complexity index is 395. The van der Waals surface area contributed by atoms with E-state index in [9.17, 15) is 0 Å². The van der Waals surface area contributed by atoms with Gasteiger partial charge in [-0.1, -0.05) is 35.7 Å². The van der Waals surface area contributed by atoms with Crippen molar-refractivity contribution in [2.45, 2.75) is 37.0 Å². The summed E-state index contributed by atoms with van der Waals surface area (Å²) in [4.78, 5) is 0. The molecule has 2 rings (SSSR count). The molecule has 0 saturated carbocycles. The van der Waals surface area contributed by atoms with Crippen LogP contribution in [0.15, 0.2) is 18.2 Å². The number of rotatable bonds is 4. The highest BCUT2D eigenvalue weighted by Gasteiger charge is 2.23. The molecule has 1 aromatic carbocycles. The van der Waals surface area contributed by atoms with Gasteiger partial charge in [0, 0.05) is 11.3 Å². The molecule has 0 aromatic heterocycles. The number of nitrogens with one attached hydrogen (secondary N) is 1. The fraction of sp³-hybridized carbons (Fsp3) is 0.538. The first-order valence-electron chi connectivity index (χ1n) is 6.22. The maximum Gasteiger partial charge on any atom is 0.0595 e. The maximum atomic E-state index is 6.04. The quantitative estimate of drug-likeness (QED) is 0.658. The first-order chi connectivity index (χ1) is 8.70. The zero-order valence-electron chi connectivity index (χ0n) is 10.2. The third-order valence-corrected chi connectivity index (χ3v) is 5.57. The van der Waals surface area contributed by atoms with Gasteiger partial charge in [0.1, 0.15) is 0 Å². The standard InChI is InChI=1S/C13H18Cl2N2S/c14-10-5-4-9(7-11(10)15)8-12(17-16)13-3-1-2-6-18-13/h4-5,7,12-13,17H,1-3,6,8,16H2. The molecule has 3 N–H and O–H groups in total. The summed E-state index contributed by atoms with van der Waals surface area (Å²) >= 11 is 14.0.